The minimum atomic E-state index is -0.0170. The van der Waals surface area contributed by atoms with Gasteiger partial charge in [0.15, 0.2) is 5.82 Å². The average Bonchev–Trinajstić information content (AvgIpc) is 2.64. The number of hydrogen-bond acceptors (Lipinski definition) is 6. The molecule has 1 fully saturated rings. The lowest BCUT2D eigenvalue weighted by Gasteiger charge is -2.24. The van der Waals surface area contributed by atoms with Crippen molar-refractivity contribution in [2.45, 2.75) is 25.8 Å². The van der Waals surface area contributed by atoms with Crippen LogP contribution in [0.4, 0.5) is 5.82 Å². The van der Waals surface area contributed by atoms with Crippen LogP contribution in [0, 0.1) is 6.92 Å². The van der Waals surface area contributed by atoms with Crippen LogP contribution < -0.4 is 10.6 Å². The van der Waals surface area contributed by atoms with E-state index in [1.165, 1.54) is 0 Å². The zero-order valence-electron chi connectivity index (χ0n) is 14.2. The maximum Gasteiger partial charge on any atom is 0.220 e. The number of benzene rings is 1. The molecule has 25 heavy (non-hydrogen) atoms. The fourth-order valence-corrected chi connectivity index (χ4v) is 3.31. The van der Waals surface area contributed by atoms with Crippen molar-refractivity contribution < 1.29 is 5.11 Å². The van der Waals surface area contributed by atoms with E-state index >= 15 is 0 Å². The fraction of sp³-hybridized carbons (Fsp3) is 0.316. The van der Waals surface area contributed by atoms with Gasteiger partial charge in [-0.3, -0.25) is 0 Å². The first kappa shape index (κ1) is 15.8. The van der Waals surface area contributed by atoms with Crippen LogP contribution in [0.2, 0.25) is 0 Å². The number of hydrogen-bond donors (Lipinski definition) is 3. The van der Waals surface area contributed by atoms with Gasteiger partial charge in [0.2, 0.25) is 5.88 Å². The molecule has 1 aliphatic heterocycles. The third kappa shape index (κ3) is 3.13. The van der Waals surface area contributed by atoms with Crippen molar-refractivity contribution in [2.24, 2.45) is 0 Å². The summed E-state index contributed by atoms with van der Waals surface area (Å²) in [7, 11) is 0. The van der Waals surface area contributed by atoms with Gasteiger partial charge < -0.3 is 15.7 Å². The number of fused-ring (bicyclic) bond motifs is 1. The van der Waals surface area contributed by atoms with Crippen molar-refractivity contribution in [3.8, 4) is 17.1 Å². The van der Waals surface area contributed by atoms with E-state index in [0.717, 1.165) is 48.2 Å². The number of rotatable bonds is 3. The van der Waals surface area contributed by atoms with Crippen LogP contribution in [-0.4, -0.2) is 39.4 Å². The molecule has 6 heteroatoms. The number of anilines is 1. The number of nitrogens with zero attached hydrogens (tertiary/aromatic N) is 3. The van der Waals surface area contributed by atoms with Crippen molar-refractivity contribution in [2.75, 3.05) is 18.4 Å². The molecule has 2 aromatic heterocycles. The quantitative estimate of drug-likeness (QED) is 0.683. The van der Waals surface area contributed by atoms with Crippen LogP contribution in [0.3, 0.4) is 0 Å². The first-order chi connectivity index (χ1) is 12.2. The van der Waals surface area contributed by atoms with Crippen molar-refractivity contribution in [1.82, 2.24) is 20.5 Å². The number of aryl methyl sites for hydroxylation is 1. The number of nitrogens with one attached hydrogen (secondary N) is 2. The van der Waals surface area contributed by atoms with Gasteiger partial charge in [0.1, 0.15) is 5.69 Å². The predicted molar refractivity (Wildman–Crippen MR) is 98.7 cm³/mol. The van der Waals surface area contributed by atoms with Gasteiger partial charge in [-0.15, -0.1) is 10.2 Å². The summed E-state index contributed by atoms with van der Waals surface area (Å²) in [6.07, 6.45) is 2.28. The van der Waals surface area contributed by atoms with E-state index < -0.39 is 0 Å². The highest BCUT2D eigenvalue weighted by molar-refractivity contribution is 6.00. The summed E-state index contributed by atoms with van der Waals surface area (Å²) in [6, 6.07) is 12.1. The second-order valence-electron chi connectivity index (χ2n) is 6.45. The molecule has 6 nitrogen and oxygen atoms in total. The molecule has 1 aromatic carbocycles. The van der Waals surface area contributed by atoms with Crippen molar-refractivity contribution in [3.63, 3.8) is 0 Å². The number of pyridine rings is 1. The molecular formula is C19H21N5O. The molecule has 1 unspecified atom stereocenters. The molecule has 0 saturated carbocycles. The minimum Gasteiger partial charge on any atom is -0.493 e. The lowest BCUT2D eigenvalue weighted by molar-refractivity contribution is 0.454. The normalized spacial score (nSPS) is 17.6. The van der Waals surface area contributed by atoms with E-state index in [9.17, 15) is 5.11 Å². The largest absolute Gasteiger partial charge is 0.493 e. The molecule has 0 amide bonds. The molecule has 128 valence electrons. The van der Waals surface area contributed by atoms with Gasteiger partial charge in [-0.05, 0) is 38.4 Å². The maximum absolute atomic E-state index is 10.2. The van der Waals surface area contributed by atoms with Crippen LogP contribution in [0.1, 0.15) is 18.5 Å². The van der Waals surface area contributed by atoms with Gasteiger partial charge in [0.05, 0.1) is 5.56 Å². The highest BCUT2D eigenvalue weighted by Crippen LogP contribution is 2.33. The highest BCUT2D eigenvalue weighted by Gasteiger charge is 2.18. The highest BCUT2D eigenvalue weighted by atomic mass is 16.3. The Morgan fingerprint density at radius 2 is 1.96 bits per heavy atom. The van der Waals surface area contributed by atoms with Crippen molar-refractivity contribution >= 4 is 16.6 Å². The number of aromatic hydroxyl groups is 1. The van der Waals surface area contributed by atoms with E-state index in [4.69, 9.17) is 0 Å². The molecule has 0 spiro atoms. The topological polar surface area (TPSA) is 83.0 Å². The predicted octanol–water partition coefficient (Wildman–Crippen LogP) is 2.87. The fourth-order valence-electron chi connectivity index (χ4n) is 3.31. The van der Waals surface area contributed by atoms with Crippen LogP contribution in [0.15, 0.2) is 36.4 Å². The molecule has 0 aliphatic carbocycles. The Labute approximate surface area is 146 Å². The van der Waals surface area contributed by atoms with Gasteiger partial charge in [-0.25, -0.2) is 4.98 Å². The molecule has 1 atom stereocenters. The van der Waals surface area contributed by atoms with Crippen LogP contribution in [0.25, 0.3) is 22.0 Å². The smallest absolute Gasteiger partial charge is 0.220 e. The monoisotopic (exact) mass is 335 g/mol. The summed E-state index contributed by atoms with van der Waals surface area (Å²) in [4.78, 5) is 4.14. The van der Waals surface area contributed by atoms with Crippen molar-refractivity contribution in [1.29, 1.82) is 0 Å². The molecule has 4 rings (SSSR count). The number of aromatic nitrogens is 3. The third-order valence-corrected chi connectivity index (χ3v) is 4.59. The van der Waals surface area contributed by atoms with E-state index in [1.807, 2.05) is 43.3 Å². The molecule has 0 bridgehead atoms. The molecule has 0 radical (unpaired) electrons. The molecule has 1 saturated heterocycles. The van der Waals surface area contributed by atoms with E-state index in [1.54, 1.807) is 0 Å². The second kappa shape index (κ2) is 6.64. The first-order valence-electron chi connectivity index (χ1n) is 8.62. The molecule has 3 aromatic rings. The second-order valence-corrected chi connectivity index (χ2v) is 6.45. The summed E-state index contributed by atoms with van der Waals surface area (Å²) < 4.78 is 0. The van der Waals surface area contributed by atoms with E-state index in [0.29, 0.717) is 17.3 Å². The summed E-state index contributed by atoms with van der Waals surface area (Å²) in [5, 5.41) is 27.9. The van der Waals surface area contributed by atoms with E-state index in [2.05, 4.69) is 25.8 Å². The van der Waals surface area contributed by atoms with Gasteiger partial charge in [0, 0.05) is 29.1 Å². The zero-order chi connectivity index (χ0) is 17.2. The SMILES string of the molecule is Cc1ccc(-c2nnc(NC3CCCNC3)c3ccccc23)c(O)n1. The van der Waals surface area contributed by atoms with Gasteiger partial charge in [-0.1, -0.05) is 24.3 Å². The molecule has 3 N–H and O–H groups in total. The summed E-state index contributed by atoms with van der Waals surface area (Å²) >= 11 is 0. The Bertz CT molecular complexity index is 905. The minimum absolute atomic E-state index is 0.0170. The Morgan fingerprint density at radius 3 is 2.72 bits per heavy atom. The summed E-state index contributed by atoms with van der Waals surface area (Å²) in [5.41, 5.74) is 2.01. The Kier molecular flexibility index (Phi) is 4.19. The summed E-state index contributed by atoms with van der Waals surface area (Å²) in [5.74, 6) is 0.768. The lowest BCUT2D eigenvalue weighted by Crippen LogP contribution is -2.38. The van der Waals surface area contributed by atoms with Crippen LogP contribution in [-0.2, 0) is 0 Å². The molecular weight excluding hydrogens is 314 g/mol. The first-order valence-corrected chi connectivity index (χ1v) is 8.62. The maximum atomic E-state index is 10.2. The molecule has 3 heterocycles. The van der Waals surface area contributed by atoms with E-state index in [-0.39, 0.29) is 5.88 Å². The lowest BCUT2D eigenvalue weighted by atomic mass is 10.0. The van der Waals surface area contributed by atoms with Gasteiger partial charge in [-0.2, -0.15) is 0 Å². The standard InChI is InChI=1S/C19H21N5O/c1-12-8-9-16(19(25)21-12)17-14-6-2-3-7-15(14)18(24-23-17)22-13-5-4-10-20-11-13/h2-3,6-9,13,20H,4-5,10-11H2,1H3,(H,21,25)(H,22,24). The Morgan fingerprint density at radius 1 is 1.12 bits per heavy atom. The average molecular weight is 335 g/mol. The molecule has 1 aliphatic rings. The number of piperidine rings is 1. The summed E-state index contributed by atoms with van der Waals surface area (Å²) in [6.45, 7) is 3.85. The van der Waals surface area contributed by atoms with Gasteiger partial charge in [0.25, 0.3) is 0 Å². The van der Waals surface area contributed by atoms with Crippen LogP contribution in [0.5, 0.6) is 5.88 Å². The zero-order valence-corrected chi connectivity index (χ0v) is 14.2. The Hall–Kier alpha value is -2.73. The third-order valence-electron chi connectivity index (χ3n) is 4.59. The Balaban J connectivity index is 1.78. The van der Waals surface area contributed by atoms with Crippen LogP contribution >= 0.6 is 0 Å². The van der Waals surface area contributed by atoms with Gasteiger partial charge >= 0.3 is 0 Å². The van der Waals surface area contributed by atoms with Crippen molar-refractivity contribution in [3.05, 3.63) is 42.1 Å².